The summed E-state index contributed by atoms with van der Waals surface area (Å²) in [6.45, 7) is 6.58. The van der Waals surface area contributed by atoms with Crippen molar-refractivity contribution >= 4 is 11.7 Å². The minimum atomic E-state index is -0.545. The molecule has 26 heavy (non-hydrogen) atoms. The second kappa shape index (κ2) is 6.41. The third kappa shape index (κ3) is 3.16. The smallest absolute Gasteiger partial charge is 0.410 e. The molecule has 1 N–H and O–H groups in total. The molecule has 0 radical (unpaired) electrons. The Balaban J connectivity index is 1.51. The lowest BCUT2D eigenvalue weighted by Gasteiger charge is -2.39. The lowest BCUT2D eigenvalue weighted by molar-refractivity contribution is -0.00421. The van der Waals surface area contributed by atoms with Gasteiger partial charge in [0.05, 0.1) is 12.6 Å². The van der Waals surface area contributed by atoms with E-state index >= 15 is 0 Å². The predicted molar refractivity (Wildman–Crippen MR) is 102 cm³/mol. The van der Waals surface area contributed by atoms with Gasteiger partial charge >= 0.3 is 6.09 Å². The van der Waals surface area contributed by atoms with E-state index in [0.29, 0.717) is 19.0 Å². The van der Waals surface area contributed by atoms with Crippen LogP contribution in [0.2, 0.25) is 0 Å². The SMILES string of the molecule is CC(C)(C)OC(=O)N1CCC(C2=CCC3CCc4cccc2c43)C(O)C1. The van der Waals surface area contributed by atoms with Crippen LogP contribution in [-0.2, 0) is 11.2 Å². The predicted octanol–water partition coefficient (Wildman–Crippen LogP) is 4.12. The molecule has 1 aromatic rings. The molecule has 140 valence electrons. The maximum Gasteiger partial charge on any atom is 0.410 e. The highest BCUT2D eigenvalue weighted by molar-refractivity contribution is 5.75. The first-order valence-electron chi connectivity index (χ1n) is 9.81. The van der Waals surface area contributed by atoms with E-state index in [2.05, 4.69) is 24.3 Å². The van der Waals surface area contributed by atoms with Gasteiger partial charge in [-0.25, -0.2) is 4.79 Å². The average Bonchev–Trinajstić information content (AvgIpc) is 2.99. The van der Waals surface area contributed by atoms with Crippen LogP contribution in [0.15, 0.2) is 24.3 Å². The number of amides is 1. The number of carbonyl (C=O) groups is 1. The number of aliphatic hydroxyl groups excluding tert-OH is 1. The third-order valence-corrected chi connectivity index (χ3v) is 5.93. The van der Waals surface area contributed by atoms with Gasteiger partial charge in [0, 0.05) is 12.5 Å². The van der Waals surface area contributed by atoms with Gasteiger partial charge in [-0.3, -0.25) is 0 Å². The van der Waals surface area contributed by atoms with Crippen LogP contribution < -0.4 is 0 Å². The van der Waals surface area contributed by atoms with Crippen molar-refractivity contribution in [1.29, 1.82) is 0 Å². The highest BCUT2D eigenvalue weighted by Gasteiger charge is 2.37. The zero-order valence-electron chi connectivity index (χ0n) is 16.0. The fraction of sp³-hybridized carbons (Fsp3) is 0.591. The van der Waals surface area contributed by atoms with E-state index in [-0.39, 0.29) is 12.0 Å². The lowest BCUT2D eigenvalue weighted by atomic mass is 9.75. The fourth-order valence-electron chi connectivity index (χ4n) is 4.79. The molecule has 0 saturated carbocycles. The number of aryl methyl sites for hydroxylation is 1. The Hall–Kier alpha value is -1.81. The number of hydrogen-bond acceptors (Lipinski definition) is 3. The van der Waals surface area contributed by atoms with Gasteiger partial charge in [-0.15, -0.1) is 0 Å². The van der Waals surface area contributed by atoms with Crippen LogP contribution in [0.3, 0.4) is 0 Å². The number of rotatable bonds is 1. The average molecular weight is 355 g/mol. The summed E-state index contributed by atoms with van der Waals surface area (Å²) < 4.78 is 5.46. The van der Waals surface area contributed by atoms with Crippen LogP contribution in [0.4, 0.5) is 4.79 Å². The third-order valence-electron chi connectivity index (χ3n) is 5.93. The van der Waals surface area contributed by atoms with Crippen LogP contribution in [0, 0.1) is 5.92 Å². The Bertz CT molecular complexity index is 746. The molecule has 3 unspecified atom stereocenters. The van der Waals surface area contributed by atoms with E-state index in [1.165, 1.54) is 35.1 Å². The molecular weight excluding hydrogens is 326 g/mol. The maximum absolute atomic E-state index is 12.3. The summed E-state index contributed by atoms with van der Waals surface area (Å²) in [5.74, 6) is 0.755. The standard InChI is InChI=1S/C22H29NO3/c1-22(2,3)26-21(25)23-12-11-17(19(24)13-23)16-10-9-15-8-7-14-5-4-6-18(16)20(14)15/h4-6,10,15,17,19,24H,7-9,11-13H2,1-3H3. The Morgan fingerprint density at radius 1 is 1.27 bits per heavy atom. The van der Waals surface area contributed by atoms with Gasteiger partial charge in [0.15, 0.2) is 0 Å². The van der Waals surface area contributed by atoms with Gasteiger partial charge in [0.2, 0.25) is 0 Å². The Morgan fingerprint density at radius 2 is 2.08 bits per heavy atom. The minimum Gasteiger partial charge on any atom is -0.444 e. The molecule has 1 saturated heterocycles. The molecule has 0 aromatic heterocycles. The summed E-state index contributed by atoms with van der Waals surface area (Å²) in [6.07, 6.45) is 5.76. The summed E-state index contributed by atoms with van der Waals surface area (Å²) in [6, 6.07) is 6.62. The zero-order chi connectivity index (χ0) is 18.5. The van der Waals surface area contributed by atoms with Crippen LogP contribution in [0.1, 0.15) is 62.6 Å². The fourth-order valence-corrected chi connectivity index (χ4v) is 4.79. The highest BCUT2D eigenvalue weighted by atomic mass is 16.6. The molecule has 2 aliphatic carbocycles. The molecule has 0 spiro atoms. The van der Waals surface area contributed by atoms with Crippen LogP contribution in [0.25, 0.3) is 5.57 Å². The minimum absolute atomic E-state index is 0.0988. The molecule has 4 heteroatoms. The summed E-state index contributed by atoms with van der Waals surface area (Å²) in [7, 11) is 0. The van der Waals surface area contributed by atoms with E-state index in [9.17, 15) is 9.90 Å². The number of benzene rings is 1. The van der Waals surface area contributed by atoms with E-state index < -0.39 is 11.7 Å². The number of carbonyl (C=O) groups excluding carboxylic acids is 1. The van der Waals surface area contributed by atoms with Crippen molar-refractivity contribution in [2.75, 3.05) is 13.1 Å². The molecule has 0 bridgehead atoms. The van der Waals surface area contributed by atoms with Crippen molar-refractivity contribution in [3.63, 3.8) is 0 Å². The molecular formula is C22H29NO3. The van der Waals surface area contributed by atoms with Crippen LogP contribution in [-0.4, -0.2) is 40.9 Å². The van der Waals surface area contributed by atoms with Crippen LogP contribution in [0.5, 0.6) is 0 Å². The maximum atomic E-state index is 12.3. The molecule has 3 aliphatic rings. The van der Waals surface area contributed by atoms with Gasteiger partial charge in [0.1, 0.15) is 5.60 Å². The quantitative estimate of drug-likeness (QED) is 0.824. The van der Waals surface area contributed by atoms with Crippen molar-refractivity contribution in [3.8, 4) is 0 Å². The molecule has 3 atom stereocenters. The Kier molecular flexibility index (Phi) is 4.34. The van der Waals surface area contributed by atoms with Gasteiger partial charge in [0.25, 0.3) is 0 Å². The molecule has 1 amide bonds. The number of nitrogens with zero attached hydrogens (tertiary/aromatic N) is 1. The lowest BCUT2D eigenvalue weighted by Crippen LogP contribution is -2.48. The van der Waals surface area contributed by atoms with E-state index in [1.807, 2.05) is 20.8 Å². The van der Waals surface area contributed by atoms with Gasteiger partial charge < -0.3 is 14.7 Å². The van der Waals surface area contributed by atoms with Crippen molar-refractivity contribution in [1.82, 2.24) is 4.90 Å². The first-order chi connectivity index (χ1) is 12.3. The number of likely N-dealkylation sites (tertiary alicyclic amines) is 1. The highest BCUT2D eigenvalue weighted by Crippen LogP contribution is 2.47. The normalized spacial score (nSPS) is 27.8. The van der Waals surface area contributed by atoms with E-state index in [0.717, 1.165) is 12.8 Å². The van der Waals surface area contributed by atoms with Gasteiger partial charge in [-0.2, -0.15) is 0 Å². The second-order valence-electron chi connectivity index (χ2n) is 8.90. The molecule has 4 nitrogen and oxygen atoms in total. The van der Waals surface area contributed by atoms with Gasteiger partial charge in [-0.05, 0) is 74.6 Å². The second-order valence-corrected chi connectivity index (χ2v) is 8.90. The first kappa shape index (κ1) is 17.6. The topological polar surface area (TPSA) is 49.8 Å². The van der Waals surface area contributed by atoms with Crippen LogP contribution >= 0.6 is 0 Å². The Labute approximate surface area is 155 Å². The number of aliphatic hydroxyl groups is 1. The summed E-state index contributed by atoms with van der Waals surface area (Å²) >= 11 is 0. The van der Waals surface area contributed by atoms with Crippen molar-refractivity contribution in [2.45, 2.75) is 64.1 Å². The summed E-state index contributed by atoms with van der Waals surface area (Å²) in [5, 5.41) is 10.8. The summed E-state index contributed by atoms with van der Waals surface area (Å²) in [5.41, 5.74) is 5.12. The van der Waals surface area contributed by atoms with Crippen molar-refractivity contribution in [2.24, 2.45) is 5.92 Å². The van der Waals surface area contributed by atoms with Crippen molar-refractivity contribution < 1.29 is 14.6 Å². The molecule has 4 rings (SSSR count). The first-order valence-corrected chi connectivity index (χ1v) is 9.81. The largest absolute Gasteiger partial charge is 0.444 e. The van der Waals surface area contributed by atoms with E-state index in [4.69, 9.17) is 4.74 Å². The van der Waals surface area contributed by atoms with Crippen molar-refractivity contribution in [3.05, 3.63) is 41.0 Å². The molecule has 1 heterocycles. The number of allylic oxidation sites excluding steroid dienone is 1. The number of piperidine rings is 1. The number of hydrogen-bond donors (Lipinski definition) is 1. The molecule has 1 fully saturated rings. The summed E-state index contributed by atoms with van der Waals surface area (Å²) in [4.78, 5) is 14.0. The zero-order valence-corrected chi connectivity index (χ0v) is 16.0. The van der Waals surface area contributed by atoms with Gasteiger partial charge in [-0.1, -0.05) is 24.3 Å². The molecule has 1 aromatic carbocycles. The van der Waals surface area contributed by atoms with E-state index in [1.54, 1.807) is 4.90 Å². The Morgan fingerprint density at radius 3 is 2.81 bits per heavy atom. The monoisotopic (exact) mass is 355 g/mol. The molecule has 1 aliphatic heterocycles. The number of ether oxygens (including phenoxy) is 1. The number of β-amino-alcohol motifs (C(OH)–C–C–N with tert-alkyl or cyclic N) is 1.